The van der Waals surface area contributed by atoms with Crippen molar-refractivity contribution in [3.63, 3.8) is 0 Å². The number of nitrogens with one attached hydrogen (secondary N) is 3. The molecule has 224 valence electrons. The molecule has 0 aliphatic heterocycles. The maximum absolute atomic E-state index is 13.1. The van der Waals surface area contributed by atoms with E-state index in [1.54, 1.807) is 44.2 Å². The van der Waals surface area contributed by atoms with Crippen molar-refractivity contribution in [3.05, 3.63) is 76.1 Å². The number of hydrogen-bond acceptors (Lipinski definition) is 8. The number of carbonyl (C=O) groups is 3. The summed E-state index contributed by atoms with van der Waals surface area (Å²) in [7, 11) is 0. The zero-order valence-corrected chi connectivity index (χ0v) is 24.5. The largest absolute Gasteiger partial charge is 0.508 e. The van der Waals surface area contributed by atoms with Crippen LogP contribution in [0, 0.1) is 20.8 Å². The van der Waals surface area contributed by atoms with Crippen LogP contribution < -0.4 is 20.7 Å². The molecular weight excluding hydrogens is 538 g/mol. The first-order valence-corrected chi connectivity index (χ1v) is 14.0. The predicted molar refractivity (Wildman–Crippen MR) is 159 cm³/mol. The van der Waals surface area contributed by atoms with E-state index in [1.165, 1.54) is 0 Å². The number of aromatic hydroxyl groups is 1. The van der Waals surface area contributed by atoms with Crippen molar-refractivity contribution in [3.8, 4) is 11.5 Å². The summed E-state index contributed by atoms with van der Waals surface area (Å²) in [5, 5.41) is 27.5. The highest BCUT2D eigenvalue weighted by atomic mass is 16.5. The molecule has 11 heteroatoms. The van der Waals surface area contributed by atoms with Gasteiger partial charge in [-0.2, -0.15) is 0 Å². The topological polar surface area (TPSA) is 163 Å². The second-order valence-electron chi connectivity index (χ2n) is 10.1. The standard InChI is InChI=1S/C31H39N5O6/c1-5-6-13-42-25-15-19(2)14-23(17-25)28(38)33-18-26(30(40)41)36-29(39)27-20(3)34-31(35-21(27)4)32-12-8-10-22-9-7-11-24(37)16-22/h7,9,11,14-17,26,37H,5-6,8,10,12-13,18H2,1-4H3,(H,33,38)(H,36,39)(H,40,41)(H,32,34,35)/t26-/m0/s1. The molecule has 0 spiro atoms. The number of carboxylic acids is 1. The summed E-state index contributed by atoms with van der Waals surface area (Å²) in [6.45, 7) is 7.99. The van der Waals surface area contributed by atoms with Gasteiger partial charge in [0.05, 0.1) is 23.6 Å². The number of amides is 2. The van der Waals surface area contributed by atoms with Gasteiger partial charge in [-0.25, -0.2) is 14.8 Å². The highest BCUT2D eigenvalue weighted by Gasteiger charge is 2.25. The van der Waals surface area contributed by atoms with Crippen molar-refractivity contribution in [1.82, 2.24) is 20.6 Å². The number of phenols is 1. The second kappa shape index (κ2) is 15.4. The summed E-state index contributed by atoms with van der Waals surface area (Å²) < 4.78 is 5.71. The third-order valence-corrected chi connectivity index (χ3v) is 6.48. The van der Waals surface area contributed by atoms with Crippen molar-refractivity contribution >= 4 is 23.7 Å². The van der Waals surface area contributed by atoms with Gasteiger partial charge in [0.1, 0.15) is 17.5 Å². The number of nitrogens with zero attached hydrogens (tertiary/aromatic N) is 2. The Morgan fingerprint density at radius 1 is 0.976 bits per heavy atom. The Bertz CT molecular complexity index is 1390. The molecule has 3 rings (SSSR count). The van der Waals surface area contributed by atoms with Gasteiger partial charge >= 0.3 is 5.97 Å². The molecule has 0 saturated heterocycles. The van der Waals surface area contributed by atoms with Crippen LogP contribution in [0.2, 0.25) is 0 Å². The molecule has 0 aliphatic carbocycles. The van der Waals surface area contributed by atoms with Crippen molar-refractivity contribution in [2.75, 3.05) is 25.0 Å². The Hall–Kier alpha value is -4.67. The Labute approximate surface area is 245 Å². The van der Waals surface area contributed by atoms with Gasteiger partial charge in [0.25, 0.3) is 11.8 Å². The number of carboxylic acid groups (broad SMARTS) is 1. The first-order valence-electron chi connectivity index (χ1n) is 14.0. The molecule has 3 aromatic rings. The maximum Gasteiger partial charge on any atom is 0.328 e. The second-order valence-corrected chi connectivity index (χ2v) is 10.1. The highest BCUT2D eigenvalue weighted by Crippen LogP contribution is 2.18. The summed E-state index contributed by atoms with van der Waals surface area (Å²) in [5.74, 6) is -1.27. The van der Waals surface area contributed by atoms with Crippen LogP contribution in [0.15, 0.2) is 42.5 Å². The van der Waals surface area contributed by atoms with Crippen LogP contribution in [0.3, 0.4) is 0 Å². The minimum Gasteiger partial charge on any atom is -0.508 e. The van der Waals surface area contributed by atoms with Crippen LogP contribution in [0.25, 0.3) is 0 Å². The van der Waals surface area contributed by atoms with E-state index in [-0.39, 0.29) is 17.9 Å². The fraction of sp³-hybridized carbons (Fsp3) is 0.387. The SMILES string of the molecule is CCCCOc1cc(C)cc(C(=O)NC[C@H](NC(=O)c2c(C)nc(NCCCc3cccc(O)c3)nc2C)C(=O)O)c1. The van der Waals surface area contributed by atoms with Gasteiger partial charge in [-0.1, -0.05) is 25.5 Å². The first-order chi connectivity index (χ1) is 20.1. The van der Waals surface area contributed by atoms with E-state index in [0.29, 0.717) is 41.8 Å². The molecule has 0 saturated carbocycles. The number of carbonyl (C=O) groups excluding carboxylic acids is 2. The summed E-state index contributed by atoms with van der Waals surface area (Å²) in [4.78, 5) is 46.5. The van der Waals surface area contributed by atoms with E-state index in [1.807, 2.05) is 19.1 Å². The van der Waals surface area contributed by atoms with Gasteiger partial charge in [-0.15, -0.1) is 0 Å². The minimum atomic E-state index is -1.37. The van der Waals surface area contributed by atoms with E-state index in [0.717, 1.165) is 36.8 Å². The summed E-state index contributed by atoms with van der Waals surface area (Å²) in [6, 6.07) is 10.8. The molecule has 11 nitrogen and oxygen atoms in total. The monoisotopic (exact) mass is 577 g/mol. The molecule has 0 radical (unpaired) electrons. The van der Waals surface area contributed by atoms with Crippen molar-refractivity contribution in [2.45, 2.75) is 59.4 Å². The Morgan fingerprint density at radius 3 is 2.38 bits per heavy atom. The molecule has 0 aliphatic rings. The fourth-order valence-corrected chi connectivity index (χ4v) is 4.35. The third-order valence-electron chi connectivity index (χ3n) is 6.48. The smallest absolute Gasteiger partial charge is 0.328 e. The molecule has 1 aromatic heterocycles. The lowest BCUT2D eigenvalue weighted by Gasteiger charge is -2.17. The molecule has 1 heterocycles. The lowest BCUT2D eigenvalue weighted by atomic mass is 10.1. The molecule has 2 aromatic carbocycles. The molecule has 0 fully saturated rings. The Morgan fingerprint density at radius 2 is 1.71 bits per heavy atom. The normalized spacial score (nSPS) is 11.4. The van der Waals surface area contributed by atoms with Crippen molar-refractivity contribution in [1.29, 1.82) is 0 Å². The van der Waals surface area contributed by atoms with E-state index in [2.05, 4.69) is 32.8 Å². The molecular formula is C31H39N5O6. The molecule has 1 atom stereocenters. The number of hydrogen-bond donors (Lipinski definition) is 5. The average molecular weight is 578 g/mol. The molecule has 0 bridgehead atoms. The number of unbranched alkanes of at least 4 members (excludes halogenated alkanes) is 1. The van der Waals surface area contributed by atoms with Crippen LogP contribution in [-0.2, 0) is 11.2 Å². The van der Waals surface area contributed by atoms with Gasteiger partial charge in [-0.3, -0.25) is 9.59 Å². The van der Waals surface area contributed by atoms with E-state index < -0.39 is 23.8 Å². The van der Waals surface area contributed by atoms with E-state index >= 15 is 0 Å². The number of ether oxygens (including phenoxy) is 1. The predicted octanol–water partition coefficient (Wildman–Crippen LogP) is 3.94. The van der Waals surface area contributed by atoms with Gasteiger partial charge in [0, 0.05) is 18.7 Å². The van der Waals surface area contributed by atoms with Gasteiger partial charge < -0.3 is 30.9 Å². The minimum absolute atomic E-state index is 0.172. The number of rotatable bonds is 15. The third kappa shape index (κ3) is 9.46. The fourth-order valence-electron chi connectivity index (χ4n) is 4.35. The van der Waals surface area contributed by atoms with E-state index in [9.17, 15) is 24.6 Å². The number of aliphatic carboxylic acids is 1. The average Bonchev–Trinajstić information content (AvgIpc) is 2.92. The van der Waals surface area contributed by atoms with Gasteiger partial charge in [0.2, 0.25) is 5.95 Å². The van der Waals surface area contributed by atoms with Crippen molar-refractivity contribution in [2.24, 2.45) is 0 Å². The zero-order chi connectivity index (χ0) is 30.6. The highest BCUT2D eigenvalue weighted by molar-refractivity contribution is 5.99. The Balaban J connectivity index is 1.58. The first kappa shape index (κ1) is 31.9. The van der Waals surface area contributed by atoms with Crippen LogP contribution in [0.1, 0.15) is 69.4 Å². The van der Waals surface area contributed by atoms with Crippen molar-refractivity contribution < 1.29 is 29.3 Å². The number of phenolic OH excluding ortho intramolecular Hbond substituents is 1. The quantitative estimate of drug-likeness (QED) is 0.168. The number of anilines is 1. The Kier molecular flexibility index (Phi) is 11.7. The number of aryl methyl sites for hydroxylation is 4. The van der Waals surface area contributed by atoms with Crippen LogP contribution in [0.4, 0.5) is 5.95 Å². The lowest BCUT2D eigenvalue weighted by Crippen LogP contribution is -2.48. The molecule has 0 unspecified atom stereocenters. The number of benzene rings is 2. The molecule has 42 heavy (non-hydrogen) atoms. The zero-order valence-electron chi connectivity index (χ0n) is 24.5. The maximum atomic E-state index is 13.1. The lowest BCUT2D eigenvalue weighted by molar-refractivity contribution is -0.139. The summed E-state index contributed by atoms with van der Waals surface area (Å²) in [5.41, 5.74) is 3.13. The number of aromatic nitrogens is 2. The summed E-state index contributed by atoms with van der Waals surface area (Å²) >= 11 is 0. The van der Waals surface area contributed by atoms with Crippen LogP contribution in [0.5, 0.6) is 11.5 Å². The van der Waals surface area contributed by atoms with Crippen LogP contribution >= 0.6 is 0 Å². The van der Waals surface area contributed by atoms with Crippen LogP contribution in [-0.4, -0.2) is 63.7 Å². The van der Waals surface area contributed by atoms with Gasteiger partial charge in [0.15, 0.2) is 0 Å². The molecule has 5 N–H and O–H groups in total. The molecule has 2 amide bonds. The summed E-state index contributed by atoms with van der Waals surface area (Å²) in [6.07, 6.45) is 3.40. The van der Waals surface area contributed by atoms with E-state index in [4.69, 9.17) is 4.74 Å². The van der Waals surface area contributed by atoms with Gasteiger partial charge in [-0.05, 0) is 81.5 Å².